The average molecular weight is 384 g/mol. The van der Waals surface area contributed by atoms with Crippen molar-refractivity contribution in [1.82, 2.24) is 0 Å². The summed E-state index contributed by atoms with van der Waals surface area (Å²) >= 11 is 0. The van der Waals surface area contributed by atoms with E-state index in [0.717, 1.165) is 0 Å². The van der Waals surface area contributed by atoms with Crippen molar-refractivity contribution >= 4 is 5.78 Å². The number of phenols is 2. The number of allylic oxidation sites excluding steroid dienone is 1. The molecule has 0 saturated heterocycles. The first-order valence-corrected chi connectivity index (χ1v) is 8.86. The van der Waals surface area contributed by atoms with Gasteiger partial charge in [0.15, 0.2) is 5.78 Å². The van der Waals surface area contributed by atoms with E-state index in [1.165, 1.54) is 26.4 Å². The van der Waals surface area contributed by atoms with Gasteiger partial charge in [0.2, 0.25) is 0 Å². The fourth-order valence-electron chi connectivity index (χ4n) is 3.37. The summed E-state index contributed by atoms with van der Waals surface area (Å²) in [6, 6.07) is 6.19. The van der Waals surface area contributed by atoms with E-state index < -0.39 is 11.3 Å². The highest BCUT2D eigenvalue weighted by molar-refractivity contribution is 6.07. The van der Waals surface area contributed by atoms with Crippen molar-refractivity contribution in [3.05, 3.63) is 53.6 Å². The number of methoxy groups -OCH3 is 2. The first kappa shape index (κ1) is 19.6. The Morgan fingerprint density at radius 2 is 1.86 bits per heavy atom. The van der Waals surface area contributed by atoms with Crippen LogP contribution in [-0.2, 0) is 5.41 Å². The van der Waals surface area contributed by atoms with Crippen molar-refractivity contribution < 1.29 is 29.2 Å². The first-order chi connectivity index (χ1) is 13.2. The predicted octanol–water partition coefficient (Wildman–Crippen LogP) is 3.94. The molecule has 2 aromatic rings. The minimum atomic E-state index is -0.693. The molecule has 2 N–H and O–H groups in total. The lowest BCUT2D eigenvalue weighted by Crippen LogP contribution is -2.27. The Morgan fingerprint density at radius 1 is 1.14 bits per heavy atom. The summed E-state index contributed by atoms with van der Waals surface area (Å²) in [6.45, 7) is 7.73. The fraction of sp³-hybridized carbons (Fsp3) is 0.318. The van der Waals surface area contributed by atoms with Gasteiger partial charge in [0.1, 0.15) is 40.9 Å². The molecule has 6 heteroatoms. The number of rotatable bonds is 5. The number of hydrogen-bond acceptors (Lipinski definition) is 6. The molecule has 0 aliphatic carbocycles. The van der Waals surface area contributed by atoms with Crippen molar-refractivity contribution in [3.63, 3.8) is 0 Å². The molecular formula is C22H24O6. The number of hydrogen-bond donors (Lipinski definition) is 2. The highest BCUT2D eigenvalue weighted by atomic mass is 16.5. The molecule has 1 aliphatic heterocycles. The highest BCUT2D eigenvalue weighted by Crippen LogP contribution is 2.45. The number of carbonyl (C=O) groups excluding carboxylic acids is 1. The molecule has 0 saturated carbocycles. The first-order valence-electron chi connectivity index (χ1n) is 8.86. The molecule has 0 amide bonds. The lowest BCUT2D eigenvalue weighted by molar-refractivity contribution is 0.0889. The van der Waals surface area contributed by atoms with E-state index in [4.69, 9.17) is 14.2 Å². The number of ether oxygens (including phenoxy) is 3. The third-order valence-corrected chi connectivity index (χ3v) is 5.19. The van der Waals surface area contributed by atoms with Crippen molar-refractivity contribution in [3.8, 4) is 28.7 Å². The topological polar surface area (TPSA) is 85.2 Å². The van der Waals surface area contributed by atoms with Gasteiger partial charge in [-0.15, -0.1) is 6.58 Å². The standard InChI is InChI=1S/C22H24O6/c1-6-22(2,3)15-9-13(18(27-5)10-16(15)23)14-11-28-19-8-12(26-4)7-17(24)20(19)21(14)25/h6-10,14,23-24H,1,11H2,2-5H3/t14-/m0/s1. The highest BCUT2D eigenvalue weighted by Gasteiger charge is 2.36. The van der Waals surface area contributed by atoms with Gasteiger partial charge in [0, 0.05) is 34.7 Å². The third kappa shape index (κ3) is 3.15. The monoisotopic (exact) mass is 384 g/mol. The lowest BCUT2D eigenvalue weighted by Gasteiger charge is -2.29. The molecule has 3 rings (SSSR count). The largest absolute Gasteiger partial charge is 0.507 e. The normalized spacial score (nSPS) is 16.1. The number of Topliss-reactive ketones (excluding diaryl/α,β-unsaturated/α-hetero) is 1. The Kier molecular flexibility index (Phi) is 4.98. The Hall–Kier alpha value is -3.15. The Labute approximate surface area is 164 Å². The van der Waals surface area contributed by atoms with Crippen LogP contribution in [0.15, 0.2) is 36.9 Å². The maximum absolute atomic E-state index is 13.2. The molecule has 0 aromatic heterocycles. The van der Waals surface area contributed by atoms with Crippen LogP contribution in [0.2, 0.25) is 0 Å². The van der Waals surface area contributed by atoms with E-state index in [1.807, 2.05) is 13.8 Å². The molecule has 148 valence electrons. The van der Waals surface area contributed by atoms with Crippen molar-refractivity contribution in [2.75, 3.05) is 20.8 Å². The Balaban J connectivity index is 2.13. The summed E-state index contributed by atoms with van der Waals surface area (Å²) < 4.78 is 16.3. The SMILES string of the molecule is C=CC(C)(C)c1cc([C@@H]2COc3cc(OC)cc(O)c3C2=O)c(OC)cc1O. The van der Waals surface area contributed by atoms with E-state index in [-0.39, 0.29) is 35.2 Å². The van der Waals surface area contributed by atoms with E-state index in [2.05, 4.69) is 6.58 Å². The van der Waals surface area contributed by atoms with Crippen molar-refractivity contribution in [1.29, 1.82) is 0 Å². The summed E-state index contributed by atoms with van der Waals surface area (Å²) in [5.41, 5.74) is 0.792. The van der Waals surface area contributed by atoms with Gasteiger partial charge in [-0.3, -0.25) is 4.79 Å². The fourth-order valence-corrected chi connectivity index (χ4v) is 3.37. The molecule has 0 bridgehead atoms. The van der Waals surface area contributed by atoms with Crippen LogP contribution in [0.3, 0.4) is 0 Å². The summed E-state index contributed by atoms with van der Waals surface area (Å²) in [4.78, 5) is 13.2. The smallest absolute Gasteiger partial charge is 0.181 e. The Morgan fingerprint density at radius 3 is 2.46 bits per heavy atom. The van der Waals surface area contributed by atoms with Crippen LogP contribution in [0.5, 0.6) is 28.7 Å². The van der Waals surface area contributed by atoms with E-state index in [9.17, 15) is 15.0 Å². The third-order valence-electron chi connectivity index (χ3n) is 5.19. The van der Waals surface area contributed by atoms with Gasteiger partial charge in [0.05, 0.1) is 20.1 Å². The molecule has 0 spiro atoms. The molecule has 2 aromatic carbocycles. The van der Waals surface area contributed by atoms with E-state index >= 15 is 0 Å². The van der Waals surface area contributed by atoms with Gasteiger partial charge in [-0.05, 0) is 6.07 Å². The van der Waals surface area contributed by atoms with Crippen molar-refractivity contribution in [2.45, 2.75) is 25.2 Å². The molecule has 6 nitrogen and oxygen atoms in total. The van der Waals surface area contributed by atoms with Crippen LogP contribution in [0.1, 0.15) is 41.3 Å². The number of benzene rings is 2. The zero-order valence-electron chi connectivity index (χ0n) is 16.4. The van der Waals surface area contributed by atoms with E-state index in [1.54, 1.807) is 18.2 Å². The summed E-state index contributed by atoms with van der Waals surface area (Å²) in [5.74, 6) is -0.0627. The molecule has 1 aliphatic rings. The van der Waals surface area contributed by atoms with Crippen LogP contribution < -0.4 is 14.2 Å². The number of carbonyl (C=O) groups is 1. The van der Waals surface area contributed by atoms with Crippen molar-refractivity contribution in [2.24, 2.45) is 0 Å². The van der Waals surface area contributed by atoms with Gasteiger partial charge < -0.3 is 24.4 Å². The maximum Gasteiger partial charge on any atom is 0.181 e. The minimum absolute atomic E-state index is 0.0580. The van der Waals surface area contributed by atoms with Gasteiger partial charge in [-0.1, -0.05) is 19.9 Å². The summed E-state index contributed by atoms with van der Waals surface area (Å²) in [7, 11) is 2.94. The molecule has 0 fully saturated rings. The maximum atomic E-state index is 13.2. The van der Waals surface area contributed by atoms with Crippen LogP contribution in [0, 0.1) is 0 Å². The number of phenolic OH excluding ortho intramolecular Hbond substituents is 2. The quantitative estimate of drug-likeness (QED) is 0.760. The van der Waals surface area contributed by atoms with Crippen LogP contribution in [0.4, 0.5) is 0 Å². The predicted molar refractivity (Wildman–Crippen MR) is 105 cm³/mol. The van der Waals surface area contributed by atoms with Gasteiger partial charge >= 0.3 is 0 Å². The second-order valence-corrected chi connectivity index (χ2v) is 7.28. The zero-order valence-corrected chi connectivity index (χ0v) is 16.4. The summed E-state index contributed by atoms with van der Waals surface area (Å²) in [6.07, 6.45) is 1.73. The van der Waals surface area contributed by atoms with Crippen LogP contribution in [-0.4, -0.2) is 36.8 Å². The van der Waals surface area contributed by atoms with Gasteiger partial charge in [-0.2, -0.15) is 0 Å². The molecule has 28 heavy (non-hydrogen) atoms. The molecule has 0 unspecified atom stereocenters. The second kappa shape index (κ2) is 7.11. The molecule has 1 atom stereocenters. The van der Waals surface area contributed by atoms with Crippen LogP contribution in [0.25, 0.3) is 0 Å². The second-order valence-electron chi connectivity index (χ2n) is 7.28. The number of ketones is 1. The Bertz CT molecular complexity index is 945. The number of aromatic hydroxyl groups is 2. The minimum Gasteiger partial charge on any atom is -0.507 e. The lowest BCUT2D eigenvalue weighted by atomic mass is 9.80. The zero-order chi connectivity index (χ0) is 20.6. The van der Waals surface area contributed by atoms with Gasteiger partial charge in [0.25, 0.3) is 0 Å². The number of fused-ring (bicyclic) bond motifs is 1. The summed E-state index contributed by atoms with van der Waals surface area (Å²) in [5, 5.41) is 20.8. The molecule has 1 heterocycles. The molecule has 0 radical (unpaired) electrons. The van der Waals surface area contributed by atoms with Gasteiger partial charge in [-0.25, -0.2) is 0 Å². The van der Waals surface area contributed by atoms with Crippen LogP contribution >= 0.6 is 0 Å². The average Bonchev–Trinajstić information content (AvgIpc) is 2.67. The molecular weight excluding hydrogens is 360 g/mol. The van der Waals surface area contributed by atoms with E-state index in [0.29, 0.717) is 22.6 Å².